The molecule has 0 unspecified atom stereocenters. The lowest BCUT2D eigenvalue weighted by atomic mass is 10.1. The van der Waals surface area contributed by atoms with Gasteiger partial charge in [0.1, 0.15) is 5.75 Å². The van der Waals surface area contributed by atoms with E-state index in [9.17, 15) is 18.5 Å². The van der Waals surface area contributed by atoms with Crippen molar-refractivity contribution in [1.82, 2.24) is 4.98 Å². The zero-order valence-corrected chi connectivity index (χ0v) is 19.1. The van der Waals surface area contributed by atoms with Crippen molar-refractivity contribution in [2.24, 2.45) is 0 Å². The molecule has 1 aromatic heterocycles. The molecule has 8 nitrogen and oxygen atoms in total. The van der Waals surface area contributed by atoms with Gasteiger partial charge >= 0.3 is 0 Å². The minimum Gasteiger partial charge on any atom is -0.497 e. The van der Waals surface area contributed by atoms with E-state index in [1.54, 1.807) is 18.4 Å². The summed E-state index contributed by atoms with van der Waals surface area (Å²) < 4.78 is 31.1. The summed E-state index contributed by atoms with van der Waals surface area (Å²) in [5.74, 6) is 0.819. The van der Waals surface area contributed by atoms with Gasteiger partial charge in [-0.1, -0.05) is 12.1 Å². The Morgan fingerprint density at radius 1 is 1.12 bits per heavy atom. The van der Waals surface area contributed by atoms with Gasteiger partial charge in [-0.3, -0.25) is 10.1 Å². The number of nitro benzene ring substituents is 1. The van der Waals surface area contributed by atoms with Crippen molar-refractivity contribution in [2.45, 2.75) is 29.4 Å². The van der Waals surface area contributed by atoms with E-state index in [0.717, 1.165) is 28.6 Å². The van der Waals surface area contributed by atoms with E-state index in [1.165, 1.54) is 24.3 Å². The lowest BCUT2D eigenvalue weighted by Gasteiger charge is -2.31. The maximum atomic E-state index is 13.0. The summed E-state index contributed by atoms with van der Waals surface area (Å²) in [6.45, 7) is 1.21. The van der Waals surface area contributed by atoms with E-state index in [-0.39, 0.29) is 10.6 Å². The van der Waals surface area contributed by atoms with Crippen LogP contribution in [0.5, 0.6) is 5.75 Å². The van der Waals surface area contributed by atoms with E-state index in [0.29, 0.717) is 25.9 Å². The molecule has 3 aromatic rings. The number of sulfone groups is 1. The molecular weight excluding hydrogens is 450 g/mol. The number of ether oxygens (including phenoxy) is 1. The number of nitrogens with zero attached hydrogens (tertiary/aromatic N) is 3. The van der Waals surface area contributed by atoms with Gasteiger partial charge in [-0.15, -0.1) is 11.3 Å². The number of non-ortho nitro benzene ring substituents is 1. The molecule has 1 fully saturated rings. The Balaban J connectivity index is 1.37. The number of thiazole rings is 1. The number of nitro groups is 1. The first-order chi connectivity index (χ1) is 15.4. The van der Waals surface area contributed by atoms with Gasteiger partial charge in [-0.05, 0) is 42.7 Å². The average Bonchev–Trinajstić information content (AvgIpc) is 3.28. The number of hydrogen-bond donors (Lipinski definition) is 0. The van der Waals surface area contributed by atoms with E-state index < -0.39 is 20.0 Å². The molecule has 10 heteroatoms. The first-order valence-electron chi connectivity index (χ1n) is 10.2. The molecule has 2 aromatic carbocycles. The monoisotopic (exact) mass is 473 g/mol. The summed E-state index contributed by atoms with van der Waals surface area (Å²) in [6, 6.07) is 13.0. The van der Waals surface area contributed by atoms with Crippen LogP contribution in [0.2, 0.25) is 0 Å². The van der Waals surface area contributed by atoms with Crippen LogP contribution in [0.1, 0.15) is 24.1 Å². The number of anilines is 1. The molecule has 0 radical (unpaired) electrons. The zero-order valence-electron chi connectivity index (χ0n) is 17.5. The Morgan fingerprint density at radius 3 is 2.38 bits per heavy atom. The smallest absolute Gasteiger partial charge is 0.269 e. The normalized spacial score (nSPS) is 15.0. The predicted octanol–water partition coefficient (Wildman–Crippen LogP) is 4.09. The molecule has 1 aliphatic rings. The number of piperidine rings is 1. The van der Waals surface area contributed by atoms with E-state index in [4.69, 9.17) is 9.72 Å². The van der Waals surface area contributed by atoms with Crippen molar-refractivity contribution >= 4 is 32.0 Å². The highest BCUT2D eigenvalue weighted by Crippen LogP contribution is 2.30. The Kier molecular flexibility index (Phi) is 6.43. The molecule has 0 spiro atoms. The van der Waals surface area contributed by atoms with Gasteiger partial charge in [0.15, 0.2) is 15.0 Å². The lowest BCUT2D eigenvalue weighted by Crippen LogP contribution is -2.39. The lowest BCUT2D eigenvalue weighted by molar-refractivity contribution is -0.384. The van der Waals surface area contributed by atoms with Gasteiger partial charge in [-0.25, -0.2) is 13.4 Å². The molecule has 1 saturated heterocycles. The number of rotatable bonds is 7. The fraction of sp³-hybridized carbons (Fsp3) is 0.318. The second-order valence-electron chi connectivity index (χ2n) is 7.63. The van der Waals surface area contributed by atoms with Crippen LogP contribution in [0.4, 0.5) is 10.8 Å². The predicted molar refractivity (Wildman–Crippen MR) is 123 cm³/mol. The summed E-state index contributed by atoms with van der Waals surface area (Å²) >= 11 is 1.57. The van der Waals surface area contributed by atoms with Crippen LogP contribution in [0, 0.1) is 10.1 Å². The van der Waals surface area contributed by atoms with Gasteiger partial charge in [0, 0.05) is 37.0 Å². The molecule has 1 aliphatic heterocycles. The van der Waals surface area contributed by atoms with E-state index >= 15 is 0 Å². The topological polar surface area (TPSA) is 103 Å². The second-order valence-corrected chi connectivity index (χ2v) is 10.7. The van der Waals surface area contributed by atoms with E-state index in [1.807, 2.05) is 29.6 Å². The number of aromatic nitrogens is 1. The van der Waals surface area contributed by atoms with Gasteiger partial charge in [0.25, 0.3) is 5.69 Å². The number of benzene rings is 2. The zero-order chi connectivity index (χ0) is 22.7. The van der Waals surface area contributed by atoms with Crippen molar-refractivity contribution in [2.75, 3.05) is 25.1 Å². The third-order valence-corrected chi connectivity index (χ3v) is 8.84. The van der Waals surface area contributed by atoms with Crippen molar-refractivity contribution in [1.29, 1.82) is 0 Å². The Bertz CT molecular complexity index is 1180. The van der Waals surface area contributed by atoms with Crippen LogP contribution in [0.3, 0.4) is 0 Å². The molecule has 0 amide bonds. The van der Waals surface area contributed by atoms with Gasteiger partial charge in [0.05, 0.1) is 27.9 Å². The number of hydrogen-bond acceptors (Lipinski definition) is 8. The molecule has 4 rings (SSSR count). The van der Waals surface area contributed by atoms with Crippen LogP contribution >= 0.6 is 11.3 Å². The fourth-order valence-corrected chi connectivity index (χ4v) is 6.39. The Hall–Kier alpha value is -2.98. The van der Waals surface area contributed by atoms with Crippen LogP contribution in [-0.2, 0) is 16.3 Å². The van der Waals surface area contributed by atoms with Crippen molar-refractivity contribution < 1.29 is 18.1 Å². The van der Waals surface area contributed by atoms with Gasteiger partial charge in [0.2, 0.25) is 0 Å². The highest BCUT2D eigenvalue weighted by molar-refractivity contribution is 7.92. The van der Waals surface area contributed by atoms with Gasteiger partial charge in [-0.2, -0.15) is 0 Å². The standard InChI is InChI=1S/C22H23N3O5S2/c1-30-19-6-2-16(3-7-19)14-17-15-31-22(23-17)24-12-10-21(11-13-24)32(28,29)20-8-4-18(5-9-20)25(26)27/h2-9,15,21H,10-14H2,1H3. The molecule has 0 saturated carbocycles. The second kappa shape index (κ2) is 9.25. The summed E-state index contributed by atoms with van der Waals surface area (Å²) in [4.78, 5) is 17.3. The molecule has 0 bridgehead atoms. The third-order valence-electron chi connectivity index (χ3n) is 5.61. The summed E-state index contributed by atoms with van der Waals surface area (Å²) in [5.41, 5.74) is 2.01. The summed E-state index contributed by atoms with van der Waals surface area (Å²) in [5, 5.41) is 13.2. The molecule has 0 N–H and O–H groups in total. The Morgan fingerprint density at radius 2 is 1.78 bits per heavy atom. The highest BCUT2D eigenvalue weighted by atomic mass is 32.2. The molecule has 2 heterocycles. The van der Waals surface area contributed by atoms with Crippen molar-refractivity contribution in [3.05, 3.63) is 75.3 Å². The summed E-state index contributed by atoms with van der Waals surface area (Å²) in [6.07, 6.45) is 1.71. The minimum atomic E-state index is -3.53. The SMILES string of the molecule is COc1ccc(Cc2csc(N3CCC(S(=O)(=O)c4ccc([N+](=O)[O-])cc4)CC3)n2)cc1. The average molecular weight is 474 g/mol. The largest absolute Gasteiger partial charge is 0.497 e. The summed E-state index contributed by atoms with van der Waals surface area (Å²) in [7, 11) is -1.89. The highest BCUT2D eigenvalue weighted by Gasteiger charge is 2.32. The molecule has 0 aliphatic carbocycles. The van der Waals surface area contributed by atoms with Crippen molar-refractivity contribution in [3.8, 4) is 5.75 Å². The van der Waals surface area contributed by atoms with Crippen molar-refractivity contribution in [3.63, 3.8) is 0 Å². The maximum absolute atomic E-state index is 13.0. The van der Waals surface area contributed by atoms with E-state index in [2.05, 4.69) is 4.90 Å². The van der Waals surface area contributed by atoms with Crippen LogP contribution < -0.4 is 9.64 Å². The van der Waals surface area contributed by atoms with Gasteiger partial charge < -0.3 is 9.64 Å². The van der Waals surface area contributed by atoms with Crippen LogP contribution in [-0.4, -0.2) is 43.8 Å². The Labute approximate surface area is 190 Å². The van der Waals surface area contributed by atoms with Crippen LogP contribution in [0.15, 0.2) is 58.8 Å². The molecule has 0 atom stereocenters. The fourth-order valence-electron chi connectivity index (χ4n) is 3.78. The molecular formula is C22H23N3O5S2. The van der Waals surface area contributed by atoms with Crippen LogP contribution in [0.25, 0.3) is 0 Å². The quantitative estimate of drug-likeness (QED) is 0.376. The number of methoxy groups -OCH3 is 1. The first-order valence-corrected chi connectivity index (χ1v) is 12.6. The minimum absolute atomic E-state index is 0.118. The molecule has 168 valence electrons. The molecule has 32 heavy (non-hydrogen) atoms. The first kappa shape index (κ1) is 22.2. The third kappa shape index (κ3) is 4.76. The maximum Gasteiger partial charge on any atom is 0.269 e.